The number of carboxylic acid groups (broad SMARTS) is 1. The quantitative estimate of drug-likeness (QED) is 0.899. The Kier molecular flexibility index (Phi) is 2.88. The molecule has 0 saturated heterocycles. The molecule has 18 heavy (non-hydrogen) atoms. The first-order valence-electron chi connectivity index (χ1n) is 6.06. The number of thiazole rings is 1. The summed E-state index contributed by atoms with van der Waals surface area (Å²) < 4.78 is 0. The largest absolute Gasteiger partial charge is 0.478 e. The molecule has 1 aromatic heterocycles. The minimum Gasteiger partial charge on any atom is -0.478 e. The number of benzene rings is 1. The first-order valence-corrected chi connectivity index (χ1v) is 6.88. The second kappa shape index (κ2) is 4.53. The molecule has 1 aromatic carbocycles. The molecule has 3 nitrogen and oxygen atoms in total. The van der Waals surface area contributed by atoms with E-state index in [2.05, 4.69) is 4.98 Å². The van der Waals surface area contributed by atoms with Crippen LogP contribution < -0.4 is 0 Å². The summed E-state index contributed by atoms with van der Waals surface area (Å²) in [6.45, 7) is 0. The predicted molar refractivity (Wildman–Crippen MR) is 71.2 cm³/mol. The lowest BCUT2D eigenvalue weighted by molar-refractivity contribution is 0.0697. The van der Waals surface area contributed by atoms with Crippen LogP contribution in [-0.4, -0.2) is 16.1 Å². The van der Waals surface area contributed by atoms with Gasteiger partial charge in [-0.25, -0.2) is 9.78 Å². The molecule has 0 amide bonds. The number of aromatic carboxylic acids is 1. The molecule has 1 heterocycles. The maximum absolute atomic E-state index is 10.8. The van der Waals surface area contributed by atoms with Crippen molar-refractivity contribution in [3.8, 4) is 10.6 Å². The van der Waals surface area contributed by atoms with Crippen LogP contribution in [0.1, 0.15) is 33.8 Å². The third-order valence-electron chi connectivity index (χ3n) is 3.22. The van der Waals surface area contributed by atoms with Crippen LogP contribution in [0.3, 0.4) is 0 Å². The monoisotopic (exact) mass is 259 g/mol. The van der Waals surface area contributed by atoms with Crippen molar-refractivity contribution in [1.29, 1.82) is 0 Å². The van der Waals surface area contributed by atoms with Crippen molar-refractivity contribution in [3.05, 3.63) is 40.4 Å². The number of aromatic nitrogens is 1. The van der Waals surface area contributed by atoms with Gasteiger partial charge in [0.1, 0.15) is 5.01 Å². The summed E-state index contributed by atoms with van der Waals surface area (Å²) in [6, 6.07) is 6.96. The van der Waals surface area contributed by atoms with E-state index in [1.807, 2.05) is 12.1 Å². The van der Waals surface area contributed by atoms with E-state index in [1.165, 1.54) is 23.4 Å². The van der Waals surface area contributed by atoms with Gasteiger partial charge >= 0.3 is 5.97 Å². The van der Waals surface area contributed by atoms with Crippen molar-refractivity contribution in [2.24, 2.45) is 0 Å². The predicted octanol–water partition coefficient (Wildman–Crippen LogP) is 3.39. The van der Waals surface area contributed by atoms with Gasteiger partial charge in [-0.15, -0.1) is 11.3 Å². The van der Waals surface area contributed by atoms with Gasteiger partial charge in [-0.1, -0.05) is 12.1 Å². The highest BCUT2D eigenvalue weighted by Crippen LogP contribution is 2.32. The van der Waals surface area contributed by atoms with E-state index < -0.39 is 5.97 Å². The first-order chi connectivity index (χ1) is 8.74. The van der Waals surface area contributed by atoms with E-state index in [4.69, 9.17) is 5.11 Å². The van der Waals surface area contributed by atoms with Crippen LogP contribution in [0, 0.1) is 0 Å². The van der Waals surface area contributed by atoms with Crippen molar-refractivity contribution >= 4 is 17.3 Å². The summed E-state index contributed by atoms with van der Waals surface area (Å²) in [4.78, 5) is 16.9. The summed E-state index contributed by atoms with van der Waals surface area (Å²) >= 11 is 1.74. The molecule has 0 saturated carbocycles. The fourth-order valence-electron chi connectivity index (χ4n) is 2.23. The number of carboxylic acids is 1. The van der Waals surface area contributed by atoms with E-state index in [1.54, 1.807) is 23.5 Å². The molecule has 0 spiro atoms. The zero-order chi connectivity index (χ0) is 12.5. The second-order valence-corrected chi connectivity index (χ2v) is 5.56. The van der Waals surface area contributed by atoms with Gasteiger partial charge in [-0.2, -0.15) is 0 Å². The molecule has 92 valence electrons. The Labute approximate surface area is 109 Å². The Morgan fingerprint density at radius 1 is 1.17 bits per heavy atom. The number of carbonyl (C=O) groups is 1. The zero-order valence-electron chi connectivity index (χ0n) is 9.85. The lowest BCUT2D eigenvalue weighted by atomic mass is 10.0. The van der Waals surface area contributed by atoms with Crippen LogP contribution in [0.5, 0.6) is 0 Å². The average molecular weight is 259 g/mol. The Balaban J connectivity index is 1.94. The molecule has 1 aliphatic rings. The Morgan fingerprint density at radius 2 is 1.89 bits per heavy atom. The van der Waals surface area contributed by atoms with E-state index in [-0.39, 0.29) is 0 Å². The van der Waals surface area contributed by atoms with Crippen LogP contribution >= 0.6 is 11.3 Å². The summed E-state index contributed by atoms with van der Waals surface area (Å²) in [6.07, 6.45) is 4.71. The number of nitrogens with zero attached hydrogens (tertiary/aromatic N) is 1. The maximum atomic E-state index is 10.8. The van der Waals surface area contributed by atoms with Gasteiger partial charge in [0.2, 0.25) is 0 Å². The normalized spacial score (nSPS) is 14.2. The molecule has 4 heteroatoms. The van der Waals surface area contributed by atoms with Crippen LogP contribution in [0.25, 0.3) is 10.6 Å². The van der Waals surface area contributed by atoms with Gasteiger partial charge in [0.05, 0.1) is 11.3 Å². The van der Waals surface area contributed by atoms with Crippen molar-refractivity contribution in [2.45, 2.75) is 25.7 Å². The van der Waals surface area contributed by atoms with E-state index >= 15 is 0 Å². The molecular weight excluding hydrogens is 246 g/mol. The zero-order valence-corrected chi connectivity index (χ0v) is 10.7. The van der Waals surface area contributed by atoms with Gasteiger partial charge in [-0.05, 0) is 37.8 Å². The molecule has 0 aliphatic heterocycles. The summed E-state index contributed by atoms with van der Waals surface area (Å²) in [5.41, 5.74) is 2.57. The highest BCUT2D eigenvalue weighted by Gasteiger charge is 2.16. The molecule has 2 aromatic rings. The standard InChI is InChI=1S/C14H13NO2S/c16-14(17)10-7-5-9(6-8-10)13-15-11-3-1-2-4-12(11)18-13/h5-8H,1-4H2,(H,16,17). The minimum atomic E-state index is -0.889. The van der Waals surface area contributed by atoms with E-state index in [0.717, 1.165) is 23.4 Å². The molecule has 0 atom stereocenters. The maximum Gasteiger partial charge on any atom is 0.335 e. The van der Waals surface area contributed by atoms with Crippen LogP contribution in [0.2, 0.25) is 0 Å². The third kappa shape index (κ3) is 2.04. The van der Waals surface area contributed by atoms with Gasteiger partial charge in [-0.3, -0.25) is 0 Å². The number of fused-ring (bicyclic) bond motifs is 1. The van der Waals surface area contributed by atoms with Crippen LogP contribution in [0.15, 0.2) is 24.3 Å². The molecule has 0 bridgehead atoms. The molecular formula is C14H13NO2S. The Morgan fingerprint density at radius 3 is 2.56 bits per heavy atom. The van der Waals surface area contributed by atoms with E-state index in [9.17, 15) is 4.79 Å². The van der Waals surface area contributed by atoms with Crippen molar-refractivity contribution in [1.82, 2.24) is 4.98 Å². The number of rotatable bonds is 2. The molecule has 3 rings (SSSR count). The fourth-order valence-corrected chi connectivity index (χ4v) is 3.39. The number of aryl methyl sites for hydroxylation is 2. The molecule has 1 N–H and O–H groups in total. The summed E-state index contributed by atoms with van der Waals surface area (Å²) in [5.74, 6) is -0.889. The van der Waals surface area contributed by atoms with Crippen molar-refractivity contribution < 1.29 is 9.90 Å². The van der Waals surface area contributed by atoms with Crippen molar-refractivity contribution in [2.75, 3.05) is 0 Å². The summed E-state index contributed by atoms with van der Waals surface area (Å²) in [5, 5.41) is 9.88. The number of hydrogen-bond donors (Lipinski definition) is 1. The van der Waals surface area contributed by atoms with Gasteiger partial charge < -0.3 is 5.11 Å². The van der Waals surface area contributed by atoms with Crippen LogP contribution in [-0.2, 0) is 12.8 Å². The molecule has 0 fully saturated rings. The second-order valence-electron chi connectivity index (χ2n) is 4.48. The van der Waals surface area contributed by atoms with Gasteiger partial charge in [0, 0.05) is 10.4 Å². The third-order valence-corrected chi connectivity index (χ3v) is 4.43. The van der Waals surface area contributed by atoms with E-state index in [0.29, 0.717) is 5.56 Å². The van der Waals surface area contributed by atoms with Gasteiger partial charge in [0.25, 0.3) is 0 Å². The lowest BCUT2D eigenvalue weighted by Gasteiger charge is -2.06. The number of hydrogen-bond acceptors (Lipinski definition) is 3. The van der Waals surface area contributed by atoms with Crippen LogP contribution in [0.4, 0.5) is 0 Å². The SMILES string of the molecule is O=C(O)c1ccc(-c2nc3c(s2)CCCC3)cc1. The highest BCUT2D eigenvalue weighted by molar-refractivity contribution is 7.15. The average Bonchev–Trinajstić information content (AvgIpc) is 2.82. The Bertz CT molecular complexity index is 563. The van der Waals surface area contributed by atoms with Gasteiger partial charge in [0.15, 0.2) is 0 Å². The first kappa shape index (κ1) is 11.4. The topological polar surface area (TPSA) is 50.2 Å². The summed E-state index contributed by atoms with van der Waals surface area (Å²) in [7, 11) is 0. The Hall–Kier alpha value is -1.68. The highest BCUT2D eigenvalue weighted by atomic mass is 32.1. The molecule has 1 aliphatic carbocycles. The van der Waals surface area contributed by atoms with Crippen molar-refractivity contribution in [3.63, 3.8) is 0 Å². The lowest BCUT2D eigenvalue weighted by Crippen LogP contribution is -1.98. The molecule has 0 unspecified atom stereocenters. The fraction of sp³-hybridized carbons (Fsp3) is 0.286. The minimum absolute atomic E-state index is 0.320. The molecule has 0 radical (unpaired) electrons. The smallest absolute Gasteiger partial charge is 0.335 e.